The van der Waals surface area contributed by atoms with Crippen LogP contribution in [-0.2, 0) is 0 Å². The molecule has 0 radical (unpaired) electrons. The minimum atomic E-state index is -0.0949. The monoisotopic (exact) mass is 195 g/mol. The first-order valence-electron chi connectivity index (χ1n) is 3.89. The number of nitrogens with one attached hydrogen (secondary N) is 1. The van der Waals surface area contributed by atoms with Crippen LogP contribution in [0.4, 0.5) is 5.69 Å². The maximum atomic E-state index is 8.38. The molecule has 0 aliphatic heterocycles. The summed E-state index contributed by atoms with van der Waals surface area (Å²) >= 11 is 5.71. The van der Waals surface area contributed by atoms with E-state index in [-0.39, 0.29) is 6.61 Å². The van der Waals surface area contributed by atoms with Gasteiger partial charge in [0.05, 0.1) is 6.54 Å². The molecule has 0 heterocycles. The van der Waals surface area contributed by atoms with Gasteiger partial charge in [-0.25, -0.2) is 0 Å². The van der Waals surface area contributed by atoms with Gasteiger partial charge in [0.25, 0.3) is 0 Å². The summed E-state index contributed by atoms with van der Waals surface area (Å²) in [6, 6.07) is 7.37. The number of benzene rings is 1. The molecule has 1 rings (SSSR count). The minimum Gasteiger partial charge on any atom is -0.384 e. The molecule has 0 saturated heterocycles. The Hall–Kier alpha value is -1.17. The van der Waals surface area contributed by atoms with Crippen molar-refractivity contribution in [1.29, 1.82) is 0 Å². The molecule has 0 fully saturated rings. The summed E-state index contributed by atoms with van der Waals surface area (Å²) in [6.45, 7) is 0.435. The van der Waals surface area contributed by atoms with E-state index in [4.69, 9.17) is 16.7 Å². The van der Waals surface area contributed by atoms with Gasteiger partial charge in [0.15, 0.2) is 0 Å². The fraction of sp³-hybridized carbons (Fsp3) is 0.200. The Bertz CT molecular complexity index is 310. The highest BCUT2D eigenvalue weighted by atomic mass is 35.5. The first-order chi connectivity index (χ1) is 6.33. The lowest BCUT2D eigenvalue weighted by Crippen LogP contribution is -1.98. The van der Waals surface area contributed by atoms with Crippen molar-refractivity contribution >= 4 is 17.3 Å². The van der Waals surface area contributed by atoms with E-state index >= 15 is 0 Å². The normalized spacial score (nSPS) is 8.77. The third-order valence-corrected chi connectivity index (χ3v) is 1.68. The zero-order valence-corrected chi connectivity index (χ0v) is 7.80. The molecule has 0 bridgehead atoms. The van der Waals surface area contributed by atoms with Gasteiger partial charge in [-0.1, -0.05) is 23.4 Å². The second-order valence-electron chi connectivity index (χ2n) is 2.37. The van der Waals surface area contributed by atoms with Crippen molar-refractivity contribution < 1.29 is 5.11 Å². The minimum absolute atomic E-state index is 0.0949. The van der Waals surface area contributed by atoms with E-state index in [0.717, 1.165) is 5.69 Å². The summed E-state index contributed by atoms with van der Waals surface area (Å²) in [5.41, 5.74) is 0.969. The predicted octanol–water partition coefficient (Wildman–Crippen LogP) is 1.75. The Balaban J connectivity index is 2.41. The summed E-state index contributed by atoms with van der Waals surface area (Å²) < 4.78 is 0. The molecular weight excluding hydrogens is 186 g/mol. The highest BCUT2D eigenvalue weighted by Crippen LogP contribution is 2.12. The Kier molecular flexibility index (Phi) is 4.17. The SMILES string of the molecule is OCC#CCNc1ccc(Cl)cc1. The number of hydrogen-bond acceptors (Lipinski definition) is 2. The molecule has 0 aromatic heterocycles. The molecule has 0 aliphatic rings. The Morgan fingerprint density at radius 1 is 1.23 bits per heavy atom. The predicted molar refractivity (Wildman–Crippen MR) is 54.8 cm³/mol. The average molecular weight is 196 g/mol. The number of aliphatic hydroxyl groups is 1. The first kappa shape index (κ1) is 9.91. The highest BCUT2D eigenvalue weighted by Gasteiger charge is 1.88. The van der Waals surface area contributed by atoms with Gasteiger partial charge in [-0.3, -0.25) is 0 Å². The fourth-order valence-corrected chi connectivity index (χ4v) is 0.958. The number of hydrogen-bond donors (Lipinski definition) is 2. The van der Waals surface area contributed by atoms with Crippen molar-refractivity contribution in [1.82, 2.24) is 0 Å². The van der Waals surface area contributed by atoms with Gasteiger partial charge < -0.3 is 10.4 Å². The van der Waals surface area contributed by atoms with Crippen LogP contribution in [-0.4, -0.2) is 18.3 Å². The summed E-state index contributed by atoms with van der Waals surface area (Å²) in [5.74, 6) is 5.30. The number of rotatable bonds is 2. The summed E-state index contributed by atoms with van der Waals surface area (Å²) in [4.78, 5) is 0. The van der Waals surface area contributed by atoms with Crippen LogP contribution in [0.5, 0.6) is 0 Å². The van der Waals surface area contributed by atoms with Crippen molar-refractivity contribution in [3.8, 4) is 11.8 Å². The van der Waals surface area contributed by atoms with Gasteiger partial charge in [-0.2, -0.15) is 0 Å². The number of halogens is 1. The maximum absolute atomic E-state index is 8.38. The van der Waals surface area contributed by atoms with Crippen LogP contribution in [0.25, 0.3) is 0 Å². The second kappa shape index (κ2) is 5.47. The molecule has 0 spiro atoms. The second-order valence-corrected chi connectivity index (χ2v) is 2.81. The molecule has 0 atom stereocenters. The molecule has 68 valence electrons. The molecule has 2 nitrogen and oxygen atoms in total. The molecule has 13 heavy (non-hydrogen) atoms. The fourth-order valence-electron chi connectivity index (χ4n) is 0.832. The average Bonchev–Trinajstić information content (AvgIpc) is 2.15. The van der Waals surface area contributed by atoms with Crippen LogP contribution in [0.15, 0.2) is 24.3 Å². The Morgan fingerprint density at radius 2 is 1.92 bits per heavy atom. The molecule has 0 saturated carbocycles. The van der Waals surface area contributed by atoms with E-state index in [1.165, 1.54) is 0 Å². The van der Waals surface area contributed by atoms with Gasteiger partial charge in [0.1, 0.15) is 6.61 Å². The zero-order valence-electron chi connectivity index (χ0n) is 7.05. The highest BCUT2D eigenvalue weighted by molar-refractivity contribution is 6.30. The first-order valence-corrected chi connectivity index (χ1v) is 4.27. The van der Waals surface area contributed by atoms with Gasteiger partial charge in [-0.05, 0) is 24.3 Å². The van der Waals surface area contributed by atoms with Crippen molar-refractivity contribution in [2.75, 3.05) is 18.5 Å². The molecule has 0 aliphatic carbocycles. The molecule has 3 heteroatoms. The molecule has 2 N–H and O–H groups in total. The lowest BCUT2D eigenvalue weighted by Gasteiger charge is -2.00. The van der Waals surface area contributed by atoms with Crippen LogP contribution >= 0.6 is 11.6 Å². The standard InChI is InChI=1S/C10H10ClNO/c11-9-3-5-10(6-4-9)12-7-1-2-8-13/h3-6,12-13H,7-8H2. The number of aliphatic hydroxyl groups excluding tert-OH is 1. The van der Waals surface area contributed by atoms with E-state index in [0.29, 0.717) is 11.6 Å². The van der Waals surface area contributed by atoms with Crippen LogP contribution in [0, 0.1) is 11.8 Å². The Morgan fingerprint density at radius 3 is 2.54 bits per heavy atom. The van der Waals surface area contributed by atoms with E-state index in [2.05, 4.69) is 17.2 Å². The van der Waals surface area contributed by atoms with Gasteiger partial charge >= 0.3 is 0 Å². The van der Waals surface area contributed by atoms with Crippen LogP contribution in [0.1, 0.15) is 0 Å². The Labute approximate surface area is 82.5 Å². The summed E-state index contributed by atoms with van der Waals surface area (Å²) in [6.07, 6.45) is 0. The van der Waals surface area contributed by atoms with Crippen molar-refractivity contribution in [3.63, 3.8) is 0 Å². The molecule has 0 amide bonds. The largest absolute Gasteiger partial charge is 0.384 e. The third kappa shape index (κ3) is 3.84. The molecular formula is C10H10ClNO. The summed E-state index contributed by atoms with van der Waals surface area (Å²) in [7, 11) is 0. The molecule has 1 aromatic rings. The van der Waals surface area contributed by atoms with Gasteiger partial charge in [-0.15, -0.1) is 0 Å². The maximum Gasteiger partial charge on any atom is 0.104 e. The molecule has 0 unspecified atom stereocenters. The quantitative estimate of drug-likeness (QED) is 0.705. The van der Waals surface area contributed by atoms with Crippen LogP contribution in [0.2, 0.25) is 5.02 Å². The lowest BCUT2D eigenvalue weighted by atomic mass is 10.3. The third-order valence-electron chi connectivity index (χ3n) is 1.43. The topological polar surface area (TPSA) is 32.3 Å². The van der Waals surface area contributed by atoms with Crippen molar-refractivity contribution in [2.24, 2.45) is 0 Å². The summed E-state index contributed by atoms with van der Waals surface area (Å²) in [5, 5.41) is 12.2. The van der Waals surface area contributed by atoms with E-state index in [1.807, 2.05) is 24.3 Å². The molecule has 1 aromatic carbocycles. The zero-order chi connectivity index (χ0) is 9.52. The lowest BCUT2D eigenvalue weighted by molar-refractivity contribution is 0.350. The smallest absolute Gasteiger partial charge is 0.104 e. The van der Waals surface area contributed by atoms with Crippen molar-refractivity contribution in [2.45, 2.75) is 0 Å². The van der Waals surface area contributed by atoms with Crippen LogP contribution < -0.4 is 5.32 Å². The van der Waals surface area contributed by atoms with E-state index in [1.54, 1.807) is 0 Å². The van der Waals surface area contributed by atoms with Gasteiger partial charge in [0, 0.05) is 10.7 Å². The van der Waals surface area contributed by atoms with Crippen molar-refractivity contribution in [3.05, 3.63) is 29.3 Å². The van der Waals surface area contributed by atoms with E-state index < -0.39 is 0 Å². The van der Waals surface area contributed by atoms with Crippen LogP contribution in [0.3, 0.4) is 0 Å². The number of anilines is 1. The van der Waals surface area contributed by atoms with Gasteiger partial charge in [0.2, 0.25) is 0 Å². The van der Waals surface area contributed by atoms with E-state index in [9.17, 15) is 0 Å².